The van der Waals surface area contributed by atoms with Gasteiger partial charge in [-0.15, -0.1) is 24.0 Å². The highest BCUT2D eigenvalue weighted by Crippen LogP contribution is 2.13. The van der Waals surface area contributed by atoms with Crippen LogP contribution < -0.4 is 10.6 Å². The topological polar surface area (TPSA) is 39.7 Å². The highest BCUT2D eigenvalue weighted by Gasteiger charge is 2.17. The maximum Gasteiger partial charge on any atom is 0.190 e. The molecule has 0 aromatic heterocycles. The van der Waals surface area contributed by atoms with E-state index in [-0.39, 0.29) is 24.0 Å². The van der Waals surface area contributed by atoms with Crippen LogP contribution in [-0.2, 0) is 6.42 Å². The summed E-state index contributed by atoms with van der Waals surface area (Å²) in [5, 5.41) is 6.85. The summed E-state index contributed by atoms with van der Waals surface area (Å²) in [5.74, 6) is 1.65. The zero-order valence-corrected chi connectivity index (χ0v) is 16.0. The van der Waals surface area contributed by atoms with Gasteiger partial charge in [0.25, 0.3) is 0 Å². The minimum absolute atomic E-state index is 0. The molecule has 1 aromatic rings. The van der Waals surface area contributed by atoms with Crippen LogP contribution in [0, 0.1) is 5.92 Å². The molecule has 0 radical (unpaired) electrons. The van der Waals surface area contributed by atoms with Crippen molar-refractivity contribution in [3.05, 3.63) is 35.9 Å². The van der Waals surface area contributed by atoms with Crippen molar-refractivity contribution in [1.29, 1.82) is 0 Å². The predicted octanol–water partition coefficient (Wildman–Crippen LogP) is 2.35. The molecule has 2 rings (SSSR count). The summed E-state index contributed by atoms with van der Waals surface area (Å²) in [6, 6.07) is 10.5. The summed E-state index contributed by atoms with van der Waals surface area (Å²) in [5.41, 5.74) is 1.36. The first kappa shape index (κ1) is 19.2. The summed E-state index contributed by atoms with van der Waals surface area (Å²) < 4.78 is 0. The van der Waals surface area contributed by atoms with Gasteiger partial charge in [0.15, 0.2) is 5.96 Å². The summed E-state index contributed by atoms with van der Waals surface area (Å²) in [4.78, 5) is 6.72. The molecular formula is C17H29IN4. The molecule has 1 atom stereocenters. The highest BCUT2D eigenvalue weighted by molar-refractivity contribution is 14.0. The Kier molecular flexibility index (Phi) is 9.47. The SMILES string of the molecule is CN=C(NCCc1ccccc1)NCC1CCCN(C)C1.I. The number of hydrogen-bond donors (Lipinski definition) is 2. The molecule has 124 valence electrons. The monoisotopic (exact) mass is 416 g/mol. The first-order chi connectivity index (χ1) is 10.3. The molecular weight excluding hydrogens is 387 g/mol. The third kappa shape index (κ3) is 6.96. The zero-order chi connectivity index (χ0) is 14.9. The normalized spacial score (nSPS) is 19.4. The summed E-state index contributed by atoms with van der Waals surface area (Å²) >= 11 is 0. The third-order valence-electron chi connectivity index (χ3n) is 4.05. The molecule has 1 fully saturated rings. The molecule has 1 saturated heterocycles. The third-order valence-corrected chi connectivity index (χ3v) is 4.05. The largest absolute Gasteiger partial charge is 0.356 e. The molecule has 0 spiro atoms. The van der Waals surface area contributed by atoms with Crippen molar-refractivity contribution >= 4 is 29.9 Å². The molecule has 0 bridgehead atoms. The molecule has 1 heterocycles. The maximum atomic E-state index is 4.30. The van der Waals surface area contributed by atoms with Crippen LogP contribution in [-0.4, -0.2) is 51.1 Å². The molecule has 5 heteroatoms. The van der Waals surface area contributed by atoms with Crippen molar-refractivity contribution in [3.63, 3.8) is 0 Å². The van der Waals surface area contributed by atoms with Crippen LogP contribution in [0.3, 0.4) is 0 Å². The summed E-state index contributed by atoms with van der Waals surface area (Å²) in [6.07, 6.45) is 3.65. The van der Waals surface area contributed by atoms with Crippen LogP contribution in [0.1, 0.15) is 18.4 Å². The number of hydrogen-bond acceptors (Lipinski definition) is 2. The Morgan fingerprint density at radius 2 is 2.05 bits per heavy atom. The molecule has 1 aromatic carbocycles. The van der Waals surface area contributed by atoms with Gasteiger partial charge in [0.2, 0.25) is 0 Å². The van der Waals surface area contributed by atoms with Gasteiger partial charge in [0.05, 0.1) is 0 Å². The quantitative estimate of drug-likeness (QED) is 0.440. The Morgan fingerprint density at radius 3 is 2.73 bits per heavy atom. The predicted molar refractivity (Wildman–Crippen MR) is 105 cm³/mol. The van der Waals surface area contributed by atoms with E-state index in [1.807, 2.05) is 7.05 Å². The van der Waals surface area contributed by atoms with Gasteiger partial charge < -0.3 is 15.5 Å². The van der Waals surface area contributed by atoms with Gasteiger partial charge in [0, 0.05) is 26.7 Å². The maximum absolute atomic E-state index is 4.30. The Hall–Kier alpha value is -0.820. The lowest BCUT2D eigenvalue weighted by Gasteiger charge is -2.30. The minimum atomic E-state index is 0. The Balaban J connectivity index is 0.00000242. The molecule has 0 saturated carbocycles. The fraction of sp³-hybridized carbons (Fsp3) is 0.588. The molecule has 1 aliphatic heterocycles. The second-order valence-electron chi connectivity index (χ2n) is 5.89. The van der Waals surface area contributed by atoms with Gasteiger partial charge >= 0.3 is 0 Å². The van der Waals surface area contributed by atoms with Crippen molar-refractivity contribution in [2.24, 2.45) is 10.9 Å². The number of nitrogens with zero attached hydrogens (tertiary/aromatic N) is 2. The van der Waals surface area contributed by atoms with E-state index in [2.05, 4.69) is 57.9 Å². The van der Waals surface area contributed by atoms with Crippen molar-refractivity contribution in [3.8, 4) is 0 Å². The molecule has 1 unspecified atom stereocenters. The number of aliphatic imine (C=N–C) groups is 1. The average molecular weight is 416 g/mol. The zero-order valence-electron chi connectivity index (χ0n) is 13.7. The van der Waals surface area contributed by atoms with Gasteiger partial charge in [-0.2, -0.15) is 0 Å². The van der Waals surface area contributed by atoms with E-state index in [1.165, 1.54) is 31.5 Å². The number of likely N-dealkylation sites (tertiary alicyclic amines) is 1. The standard InChI is InChI=1S/C17H28N4.HI/c1-18-17(19-11-10-15-7-4-3-5-8-15)20-13-16-9-6-12-21(2)14-16;/h3-5,7-8,16H,6,9-14H2,1-2H3,(H2,18,19,20);1H. The second kappa shape index (κ2) is 10.8. The van der Waals surface area contributed by atoms with E-state index < -0.39 is 0 Å². The van der Waals surface area contributed by atoms with E-state index in [1.54, 1.807) is 0 Å². The smallest absolute Gasteiger partial charge is 0.190 e. The van der Waals surface area contributed by atoms with Gasteiger partial charge in [-0.1, -0.05) is 30.3 Å². The molecule has 0 amide bonds. The number of halogens is 1. The van der Waals surface area contributed by atoms with Crippen molar-refractivity contribution in [1.82, 2.24) is 15.5 Å². The number of piperidine rings is 1. The van der Waals surface area contributed by atoms with Crippen LogP contribution in [0.2, 0.25) is 0 Å². The molecule has 4 nitrogen and oxygen atoms in total. The van der Waals surface area contributed by atoms with Crippen molar-refractivity contribution < 1.29 is 0 Å². The number of benzene rings is 1. The molecule has 1 aliphatic rings. The van der Waals surface area contributed by atoms with Crippen LogP contribution in [0.5, 0.6) is 0 Å². The van der Waals surface area contributed by atoms with Crippen LogP contribution >= 0.6 is 24.0 Å². The van der Waals surface area contributed by atoms with Crippen LogP contribution in [0.4, 0.5) is 0 Å². The van der Waals surface area contributed by atoms with Gasteiger partial charge in [-0.3, -0.25) is 4.99 Å². The fourth-order valence-electron chi connectivity index (χ4n) is 2.87. The van der Waals surface area contributed by atoms with Crippen molar-refractivity contribution in [2.45, 2.75) is 19.3 Å². The van der Waals surface area contributed by atoms with E-state index in [4.69, 9.17) is 0 Å². The Bertz CT molecular complexity index is 436. The average Bonchev–Trinajstić information content (AvgIpc) is 2.52. The molecule has 2 N–H and O–H groups in total. The van der Waals surface area contributed by atoms with E-state index in [0.717, 1.165) is 31.4 Å². The number of guanidine groups is 1. The Morgan fingerprint density at radius 1 is 1.27 bits per heavy atom. The minimum Gasteiger partial charge on any atom is -0.356 e. The number of nitrogens with one attached hydrogen (secondary N) is 2. The van der Waals surface area contributed by atoms with Crippen LogP contribution in [0.25, 0.3) is 0 Å². The van der Waals surface area contributed by atoms with Gasteiger partial charge in [-0.25, -0.2) is 0 Å². The van der Waals surface area contributed by atoms with Gasteiger partial charge in [-0.05, 0) is 44.3 Å². The lowest BCUT2D eigenvalue weighted by Crippen LogP contribution is -2.44. The van der Waals surface area contributed by atoms with Crippen LogP contribution in [0.15, 0.2) is 35.3 Å². The first-order valence-corrected chi connectivity index (χ1v) is 7.95. The lowest BCUT2D eigenvalue weighted by atomic mass is 9.99. The van der Waals surface area contributed by atoms with E-state index in [9.17, 15) is 0 Å². The van der Waals surface area contributed by atoms with Gasteiger partial charge in [0.1, 0.15) is 0 Å². The first-order valence-electron chi connectivity index (χ1n) is 7.95. The van der Waals surface area contributed by atoms with Crippen molar-refractivity contribution in [2.75, 3.05) is 40.3 Å². The molecule has 22 heavy (non-hydrogen) atoms. The number of rotatable bonds is 5. The van der Waals surface area contributed by atoms with E-state index in [0.29, 0.717) is 0 Å². The Labute approximate surface area is 151 Å². The molecule has 0 aliphatic carbocycles. The summed E-state index contributed by atoms with van der Waals surface area (Å²) in [7, 11) is 4.05. The van der Waals surface area contributed by atoms with E-state index >= 15 is 0 Å². The fourth-order valence-corrected chi connectivity index (χ4v) is 2.87. The summed E-state index contributed by atoms with van der Waals surface area (Å²) in [6.45, 7) is 4.35. The highest BCUT2D eigenvalue weighted by atomic mass is 127. The lowest BCUT2D eigenvalue weighted by molar-refractivity contribution is 0.210. The second-order valence-corrected chi connectivity index (χ2v) is 5.89.